The van der Waals surface area contributed by atoms with Gasteiger partial charge >= 0.3 is 11.8 Å². The summed E-state index contributed by atoms with van der Waals surface area (Å²) in [4.78, 5) is 0. The molecule has 5 unspecified atom stereocenters. The summed E-state index contributed by atoms with van der Waals surface area (Å²) in [6, 6.07) is 9.78. The van der Waals surface area contributed by atoms with Gasteiger partial charge in [0.05, 0.1) is 0 Å². The van der Waals surface area contributed by atoms with Gasteiger partial charge in [0.25, 0.3) is 0 Å². The molecule has 33 heavy (non-hydrogen) atoms. The molecular weight excluding hydrogens is 428 g/mol. The fraction of sp³-hybridized carbons (Fsp3) is 0.571. The highest BCUT2D eigenvalue weighted by molar-refractivity contribution is 5.51. The van der Waals surface area contributed by atoms with Crippen LogP contribution in [0.25, 0.3) is 0 Å². The Balaban J connectivity index is 1.69. The van der Waals surface area contributed by atoms with E-state index < -0.39 is 22.9 Å². The van der Waals surface area contributed by atoms with E-state index >= 15 is 8.78 Å². The zero-order chi connectivity index (χ0) is 23.8. The van der Waals surface area contributed by atoms with Gasteiger partial charge in [-0.15, -0.1) is 0 Å². The molecule has 0 spiro atoms. The van der Waals surface area contributed by atoms with Crippen LogP contribution in [0.5, 0.6) is 0 Å². The minimum absolute atomic E-state index is 0.0165. The maximum absolute atomic E-state index is 15.3. The largest absolute Gasteiger partial charge is 0.383 e. The van der Waals surface area contributed by atoms with Gasteiger partial charge in [-0.25, -0.2) is 8.78 Å². The van der Waals surface area contributed by atoms with Gasteiger partial charge in [0.1, 0.15) is 5.60 Å². The van der Waals surface area contributed by atoms with Crippen molar-refractivity contribution in [3.63, 3.8) is 0 Å². The molecule has 0 heterocycles. The highest BCUT2D eigenvalue weighted by atomic mass is 19.3. The normalized spacial score (nSPS) is 36.8. The topological polar surface area (TPSA) is 20.2 Å². The van der Waals surface area contributed by atoms with E-state index in [-0.39, 0.29) is 37.5 Å². The Morgan fingerprint density at radius 2 is 1.73 bits per heavy atom. The molecule has 178 valence electrons. The van der Waals surface area contributed by atoms with Gasteiger partial charge in [0.15, 0.2) is 0 Å². The molecule has 5 atom stereocenters. The molecule has 1 N–H and O–H groups in total. The van der Waals surface area contributed by atoms with E-state index in [1.807, 2.05) is 30.3 Å². The summed E-state index contributed by atoms with van der Waals surface area (Å²) in [7, 11) is 0. The van der Waals surface area contributed by atoms with Crippen LogP contribution in [-0.4, -0.2) is 22.6 Å². The standard InChI is InChI=1S/C28H32F4O/c1-17-9-11-20-19(15-17)10-12-21-23-13-14-27(33,28(31,32)26(3,29)30)25(23,2)16-22(24(20)21)18-7-5-4-6-8-18/h4-8,15,21-23,33H,1,9-14,16H2,2-3H3. The first-order valence-electron chi connectivity index (χ1n) is 12.1. The summed E-state index contributed by atoms with van der Waals surface area (Å²) in [6.07, 6.45) is 5.86. The average molecular weight is 461 g/mol. The molecule has 0 saturated heterocycles. The second-order valence-corrected chi connectivity index (χ2v) is 11.0. The molecule has 0 radical (unpaired) electrons. The van der Waals surface area contributed by atoms with E-state index in [4.69, 9.17) is 0 Å². The smallest absolute Gasteiger partial charge is 0.338 e. The lowest BCUT2D eigenvalue weighted by molar-refractivity contribution is -0.315. The van der Waals surface area contributed by atoms with Crippen molar-refractivity contribution in [3.05, 3.63) is 70.8 Å². The molecule has 1 nitrogen and oxygen atoms in total. The summed E-state index contributed by atoms with van der Waals surface area (Å²) in [5.74, 6) is -9.20. The Morgan fingerprint density at radius 3 is 2.39 bits per heavy atom. The molecule has 2 saturated carbocycles. The number of hydrogen-bond donors (Lipinski definition) is 1. The predicted octanol–water partition coefficient (Wildman–Crippen LogP) is 7.59. The quantitative estimate of drug-likeness (QED) is 0.461. The van der Waals surface area contributed by atoms with E-state index in [9.17, 15) is 13.9 Å². The Labute approximate surface area is 193 Å². The predicted molar refractivity (Wildman–Crippen MR) is 121 cm³/mol. The van der Waals surface area contributed by atoms with Crippen molar-refractivity contribution >= 4 is 0 Å². The maximum Gasteiger partial charge on any atom is 0.338 e. The number of fused-ring (bicyclic) bond motifs is 4. The van der Waals surface area contributed by atoms with Gasteiger partial charge in [0, 0.05) is 18.3 Å². The lowest BCUT2D eigenvalue weighted by Crippen LogP contribution is -2.65. The monoisotopic (exact) mass is 460 g/mol. The number of rotatable bonds is 3. The van der Waals surface area contributed by atoms with Crippen molar-refractivity contribution in [1.82, 2.24) is 0 Å². The van der Waals surface area contributed by atoms with Crippen molar-refractivity contribution in [1.29, 1.82) is 0 Å². The van der Waals surface area contributed by atoms with Crippen molar-refractivity contribution in [2.75, 3.05) is 0 Å². The van der Waals surface area contributed by atoms with Gasteiger partial charge in [-0.1, -0.05) is 61.1 Å². The summed E-state index contributed by atoms with van der Waals surface area (Å²) >= 11 is 0. The summed E-state index contributed by atoms with van der Waals surface area (Å²) in [5, 5.41) is 11.5. The van der Waals surface area contributed by atoms with E-state index in [0.29, 0.717) is 6.42 Å². The Bertz CT molecular complexity index is 1030. The Hall–Kier alpha value is -1.88. The zero-order valence-corrected chi connectivity index (χ0v) is 19.3. The highest BCUT2D eigenvalue weighted by Gasteiger charge is 2.76. The number of alkyl halides is 4. The second kappa shape index (κ2) is 7.31. The SMILES string of the molecule is C=C1C=C2CCC3C(=C2CC1)C(c1ccccc1)CC1(C)C3CCC1(O)C(F)(F)C(C)(F)F. The number of allylic oxidation sites excluding steroid dienone is 5. The third-order valence-corrected chi connectivity index (χ3v) is 9.28. The number of hydrogen-bond acceptors (Lipinski definition) is 1. The van der Waals surface area contributed by atoms with E-state index in [0.717, 1.165) is 36.8 Å². The molecule has 0 amide bonds. The first kappa shape index (κ1) is 22.9. The summed E-state index contributed by atoms with van der Waals surface area (Å²) in [6.45, 7) is 6.02. The van der Waals surface area contributed by atoms with Crippen molar-refractivity contribution in [3.8, 4) is 0 Å². The zero-order valence-electron chi connectivity index (χ0n) is 19.3. The van der Waals surface area contributed by atoms with Crippen LogP contribution < -0.4 is 0 Å². The van der Waals surface area contributed by atoms with Crippen molar-refractivity contribution in [2.45, 2.75) is 82.2 Å². The van der Waals surface area contributed by atoms with Crippen LogP contribution in [0.15, 0.2) is 65.3 Å². The molecule has 0 aliphatic heterocycles. The van der Waals surface area contributed by atoms with Gasteiger partial charge in [0.2, 0.25) is 0 Å². The molecular formula is C28H32F4O. The first-order valence-corrected chi connectivity index (χ1v) is 12.1. The minimum Gasteiger partial charge on any atom is -0.383 e. The molecule has 4 aliphatic carbocycles. The molecule has 0 aromatic heterocycles. The summed E-state index contributed by atoms with van der Waals surface area (Å²) in [5.41, 5.74) is 1.97. The van der Waals surface area contributed by atoms with Crippen LogP contribution in [0.4, 0.5) is 17.6 Å². The minimum atomic E-state index is -4.50. The van der Waals surface area contributed by atoms with E-state index in [1.165, 1.54) is 16.7 Å². The Morgan fingerprint density at radius 1 is 1.03 bits per heavy atom. The fourth-order valence-electron chi connectivity index (χ4n) is 7.62. The number of aliphatic hydroxyl groups is 1. The molecule has 0 bridgehead atoms. The molecule has 2 fully saturated rings. The van der Waals surface area contributed by atoms with Crippen molar-refractivity contribution < 1.29 is 22.7 Å². The van der Waals surface area contributed by atoms with Crippen molar-refractivity contribution in [2.24, 2.45) is 17.3 Å². The molecule has 4 aliphatic rings. The maximum atomic E-state index is 15.3. The van der Waals surface area contributed by atoms with Crippen LogP contribution in [0.2, 0.25) is 0 Å². The Kier molecular flexibility index (Phi) is 5.07. The highest BCUT2D eigenvalue weighted by Crippen LogP contribution is 2.70. The number of benzene rings is 1. The van der Waals surface area contributed by atoms with Gasteiger partial charge < -0.3 is 5.11 Å². The molecule has 5 heteroatoms. The van der Waals surface area contributed by atoms with E-state index in [2.05, 4.69) is 12.7 Å². The van der Waals surface area contributed by atoms with Crippen LogP contribution in [0.3, 0.4) is 0 Å². The molecule has 5 rings (SSSR count). The van der Waals surface area contributed by atoms with Gasteiger partial charge in [-0.2, -0.15) is 8.78 Å². The third kappa shape index (κ3) is 3.07. The van der Waals surface area contributed by atoms with Gasteiger partial charge in [-0.3, -0.25) is 0 Å². The lowest BCUT2D eigenvalue weighted by atomic mass is 9.50. The van der Waals surface area contributed by atoms with Crippen LogP contribution in [0.1, 0.15) is 70.3 Å². The van der Waals surface area contributed by atoms with E-state index in [1.54, 1.807) is 6.92 Å². The third-order valence-electron chi connectivity index (χ3n) is 9.28. The molecule has 1 aromatic carbocycles. The fourth-order valence-corrected chi connectivity index (χ4v) is 7.62. The number of halogens is 4. The average Bonchev–Trinajstić information content (AvgIpc) is 3.04. The first-order chi connectivity index (χ1) is 15.4. The van der Waals surface area contributed by atoms with Crippen LogP contribution in [-0.2, 0) is 0 Å². The molecule has 1 aromatic rings. The summed E-state index contributed by atoms with van der Waals surface area (Å²) < 4.78 is 58.9. The van der Waals surface area contributed by atoms with Gasteiger partial charge in [-0.05, 0) is 73.5 Å². The second-order valence-electron chi connectivity index (χ2n) is 11.0. The lowest BCUT2D eigenvalue weighted by Gasteiger charge is -2.56. The van der Waals surface area contributed by atoms with Crippen LogP contribution >= 0.6 is 0 Å². The van der Waals surface area contributed by atoms with Crippen LogP contribution in [0, 0.1) is 17.3 Å².